The summed E-state index contributed by atoms with van der Waals surface area (Å²) in [6.45, 7) is 1.87. The molecule has 1 aliphatic heterocycles. The number of hydrogen-bond acceptors (Lipinski definition) is 3. The Morgan fingerprint density at radius 3 is 2.18 bits per heavy atom. The molecule has 2 unspecified atom stereocenters. The second-order valence-electron chi connectivity index (χ2n) is 7.23. The summed E-state index contributed by atoms with van der Waals surface area (Å²) in [5, 5.41) is 9.74. The van der Waals surface area contributed by atoms with Crippen LogP contribution >= 0.6 is 11.6 Å². The molecule has 5 nitrogen and oxygen atoms in total. The lowest BCUT2D eigenvalue weighted by atomic mass is 10.0. The first-order chi connectivity index (χ1) is 13.4. The summed E-state index contributed by atoms with van der Waals surface area (Å²) in [7, 11) is 0. The number of benzene rings is 2. The van der Waals surface area contributed by atoms with Crippen LogP contribution in [0.1, 0.15) is 16.8 Å². The SMILES string of the molecule is O=C(c1ccc(-c2ccc(Cl)cc2F)cc1)N1CCN(C(=O)C2CC2O)CC1. The Hall–Kier alpha value is -2.44. The van der Waals surface area contributed by atoms with E-state index in [4.69, 9.17) is 11.6 Å². The van der Waals surface area contributed by atoms with Gasteiger partial charge in [0.15, 0.2) is 0 Å². The highest BCUT2D eigenvalue weighted by molar-refractivity contribution is 6.30. The maximum absolute atomic E-state index is 14.1. The Kier molecular flexibility index (Phi) is 5.08. The van der Waals surface area contributed by atoms with Crippen molar-refractivity contribution in [2.75, 3.05) is 26.2 Å². The number of aliphatic hydroxyl groups is 1. The fourth-order valence-electron chi connectivity index (χ4n) is 3.51. The Balaban J connectivity index is 1.39. The molecule has 2 aromatic carbocycles. The molecule has 0 radical (unpaired) electrons. The van der Waals surface area contributed by atoms with E-state index in [1.807, 2.05) is 0 Å². The zero-order chi connectivity index (χ0) is 19.8. The summed E-state index contributed by atoms with van der Waals surface area (Å²) in [4.78, 5) is 28.3. The summed E-state index contributed by atoms with van der Waals surface area (Å²) >= 11 is 5.79. The lowest BCUT2D eigenvalue weighted by molar-refractivity contribution is -0.134. The molecule has 7 heteroatoms. The van der Waals surface area contributed by atoms with Crippen molar-refractivity contribution in [2.24, 2.45) is 5.92 Å². The van der Waals surface area contributed by atoms with E-state index in [2.05, 4.69) is 0 Å². The Labute approximate surface area is 167 Å². The first-order valence-electron chi connectivity index (χ1n) is 9.25. The molecule has 2 aromatic rings. The maximum Gasteiger partial charge on any atom is 0.253 e. The van der Waals surface area contributed by atoms with Crippen LogP contribution in [0.2, 0.25) is 5.02 Å². The number of amides is 2. The van der Waals surface area contributed by atoms with Gasteiger partial charge in [-0.05, 0) is 42.3 Å². The summed E-state index contributed by atoms with van der Waals surface area (Å²) in [6, 6.07) is 11.3. The van der Waals surface area contributed by atoms with Crippen LogP contribution in [0.25, 0.3) is 11.1 Å². The molecule has 146 valence electrons. The van der Waals surface area contributed by atoms with Gasteiger partial charge in [-0.1, -0.05) is 23.7 Å². The van der Waals surface area contributed by atoms with E-state index >= 15 is 0 Å². The second kappa shape index (κ2) is 7.53. The van der Waals surface area contributed by atoms with E-state index in [1.54, 1.807) is 46.2 Å². The van der Waals surface area contributed by atoms with Crippen molar-refractivity contribution in [3.8, 4) is 11.1 Å². The van der Waals surface area contributed by atoms with Crippen LogP contribution in [0, 0.1) is 11.7 Å². The number of aliphatic hydroxyl groups excluding tert-OH is 1. The van der Waals surface area contributed by atoms with Crippen molar-refractivity contribution >= 4 is 23.4 Å². The molecule has 1 aliphatic carbocycles. The normalized spacial score (nSPS) is 21.5. The van der Waals surface area contributed by atoms with E-state index in [9.17, 15) is 19.1 Å². The zero-order valence-corrected chi connectivity index (χ0v) is 15.9. The topological polar surface area (TPSA) is 60.9 Å². The standard InChI is InChI=1S/C21H20ClFN2O3/c22-15-5-6-16(18(23)11-15)13-1-3-14(4-2-13)20(27)24-7-9-25(10-8-24)21(28)17-12-19(17)26/h1-6,11,17,19,26H,7-10,12H2. The van der Waals surface area contributed by atoms with E-state index < -0.39 is 11.9 Å². The zero-order valence-electron chi connectivity index (χ0n) is 15.1. The summed E-state index contributed by atoms with van der Waals surface area (Å²) in [5.74, 6) is -0.799. The summed E-state index contributed by atoms with van der Waals surface area (Å²) < 4.78 is 14.1. The van der Waals surface area contributed by atoms with Gasteiger partial charge in [-0.3, -0.25) is 9.59 Å². The molecule has 4 rings (SSSR count). The first-order valence-corrected chi connectivity index (χ1v) is 9.63. The van der Waals surface area contributed by atoms with Crippen LogP contribution in [0.3, 0.4) is 0 Å². The number of carbonyl (C=O) groups excluding carboxylic acids is 2. The Bertz CT molecular complexity index is 910. The van der Waals surface area contributed by atoms with Crippen LogP contribution in [0.15, 0.2) is 42.5 Å². The third kappa shape index (κ3) is 3.75. The summed E-state index contributed by atoms with van der Waals surface area (Å²) in [5.41, 5.74) is 1.62. The molecular formula is C21H20ClFN2O3. The molecule has 1 saturated carbocycles. The quantitative estimate of drug-likeness (QED) is 0.858. The van der Waals surface area contributed by atoms with Gasteiger partial charge in [0.05, 0.1) is 12.0 Å². The van der Waals surface area contributed by atoms with E-state index in [-0.39, 0.29) is 17.7 Å². The van der Waals surface area contributed by atoms with Crippen molar-refractivity contribution < 1.29 is 19.1 Å². The van der Waals surface area contributed by atoms with Crippen LogP contribution in [0.4, 0.5) is 4.39 Å². The number of hydrogen-bond donors (Lipinski definition) is 1. The van der Waals surface area contributed by atoms with Gasteiger partial charge in [0.25, 0.3) is 5.91 Å². The first kappa shape index (κ1) is 18.9. The molecule has 0 bridgehead atoms. The van der Waals surface area contributed by atoms with Crippen molar-refractivity contribution in [1.29, 1.82) is 0 Å². The highest BCUT2D eigenvalue weighted by Crippen LogP contribution is 2.32. The predicted molar refractivity (Wildman–Crippen MR) is 103 cm³/mol. The van der Waals surface area contributed by atoms with Gasteiger partial charge in [-0.25, -0.2) is 4.39 Å². The predicted octanol–water partition coefficient (Wildman–Crippen LogP) is 2.81. The molecule has 2 atom stereocenters. The van der Waals surface area contributed by atoms with Gasteiger partial charge >= 0.3 is 0 Å². The van der Waals surface area contributed by atoms with E-state index in [0.29, 0.717) is 54.3 Å². The fourth-order valence-corrected chi connectivity index (χ4v) is 3.67. The van der Waals surface area contributed by atoms with Gasteiger partial charge in [0, 0.05) is 42.3 Å². The molecule has 1 N–H and O–H groups in total. The third-order valence-corrected chi connectivity index (χ3v) is 5.56. The largest absolute Gasteiger partial charge is 0.392 e. The number of carbonyl (C=O) groups is 2. The van der Waals surface area contributed by atoms with Crippen LogP contribution in [-0.4, -0.2) is 59.0 Å². The number of piperazine rings is 1. The fraction of sp³-hybridized carbons (Fsp3) is 0.333. The highest BCUT2D eigenvalue weighted by atomic mass is 35.5. The molecule has 2 fully saturated rings. The van der Waals surface area contributed by atoms with E-state index in [0.717, 1.165) is 0 Å². The minimum atomic E-state index is -0.504. The molecule has 2 aliphatic rings. The van der Waals surface area contributed by atoms with E-state index in [1.165, 1.54) is 6.07 Å². The lowest BCUT2D eigenvalue weighted by Gasteiger charge is -2.35. The monoisotopic (exact) mass is 402 g/mol. The van der Waals surface area contributed by atoms with Gasteiger partial charge < -0.3 is 14.9 Å². The average molecular weight is 403 g/mol. The van der Waals surface area contributed by atoms with Crippen LogP contribution < -0.4 is 0 Å². The number of halogens is 2. The molecule has 1 saturated heterocycles. The highest BCUT2D eigenvalue weighted by Gasteiger charge is 2.44. The van der Waals surface area contributed by atoms with Crippen molar-refractivity contribution in [2.45, 2.75) is 12.5 Å². The van der Waals surface area contributed by atoms with Crippen LogP contribution in [-0.2, 0) is 4.79 Å². The van der Waals surface area contributed by atoms with Gasteiger partial charge in [-0.2, -0.15) is 0 Å². The lowest BCUT2D eigenvalue weighted by Crippen LogP contribution is -2.51. The third-order valence-electron chi connectivity index (χ3n) is 5.33. The molecule has 28 heavy (non-hydrogen) atoms. The Morgan fingerprint density at radius 1 is 1.00 bits per heavy atom. The average Bonchev–Trinajstić information content (AvgIpc) is 3.44. The van der Waals surface area contributed by atoms with Gasteiger partial charge in [0.2, 0.25) is 5.91 Å². The minimum Gasteiger partial charge on any atom is -0.392 e. The van der Waals surface area contributed by atoms with Gasteiger partial charge in [0.1, 0.15) is 5.82 Å². The van der Waals surface area contributed by atoms with Crippen LogP contribution in [0.5, 0.6) is 0 Å². The summed E-state index contributed by atoms with van der Waals surface area (Å²) in [6.07, 6.45) is 0.0367. The number of nitrogens with zero attached hydrogens (tertiary/aromatic N) is 2. The molecule has 0 spiro atoms. The van der Waals surface area contributed by atoms with Gasteiger partial charge in [-0.15, -0.1) is 0 Å². The minimum absolute atomic E-state index is 0.0195. The van der Waals surface area contributed by atoms with Crippen molar-refractivity contribution in [3.05, 3.63) is 58.9 Å². The maximum atomic E-state index is 14.1. The molecule has 2 amide bonds. The van der Waals surface area contributed by atoms with Crippen molar-refractivity contribution in [1.82, 2.24) is 9.80 Å². The second-order valence-corrected chi connectivity index (χ2v) is 7.66. The number of rotatable bonds is 3. The Morgan fingerprint density at radius 2 is 1.61 bits per heavy atom. The molecular weight excluding hydrogens is 383 g/mol. The molecule has 1 heterocycles. The smallest absolute Gasteiger partial charge is 0.253 e. The van der Waals surface area contributed by atoms with Crippen molar-refractivity contribution in [3.63, 3.8) is 0 Å². The molecule has 0 aromatic heterocycles.